The summed E-state index contributed by atoms with van der Waals surface area (Å²) in [6.07, 6.45) is 14.4. The van der Waals surface area contributed by atoms with Gasteiger partial charge in [0.25, 0.3) is 0 Å². The molecule has 0 unspecified atom stereocenters. The smallest absolute Gasteiger partial charge is 0.0485 e. The van der Waals surface area contributed by atoms with Crippen LogP contribution in [0.25, 0.3) is 10.9 Å². The van der Waals surface area contributed by atoms with Crippen LogP contribution in [-0.2, 0) is 12.8 Å². The fourth-order valence-corrected chi connectivity index (χ4v) is 6.57. The van der Waals surface area contributed by atoms with Crippen LogP contribution in [0.2, 0.25) is 0 Å². The molecule has 1 saturated heterocycles. The maximum atomic E-state index is 2.83. The number of piperidine rings is 1. The lowest BCUT2D eigenvalue weighted by atomic mass is 9.79. The SMILES string of the molecule is CC(C)C1CCC(N2CCC(n3cc(CCCc4ccccc4)c4ccccc43)CC2)CC1. The first-order valence-corrected chi connectivity index (χ1v) is 13.6. The quantitative estimate of drug-likeness (QED) is 0.364. The Bertz CT molecular complexity index is 1000. The Balaban J connectivity index is 1.21. The van der Waals surface area contributed by atoms with Gasteiger partial charge in [-0.2, -0.15) is 0 Å². The molecule has 2 nitrogen and oxygen atoms in total. The number of hydrogen-bond acceptors (Lipinski definition) is 1. The summed E-state index contributed by atoms with van der Waals surface area (Å²) in [7, 11) is 0. The standard InChI is InChI=1S/C31H42N2/c1-24(2)26-15-17-28(18-16-26)32-21-19-29(20-22-32)33-23-27(30-13-6-7-14-31(30)33)12-8-11-25-9-4-3-5-10-25/h3-7,9-10,13-14,23-24,26,28-29H,8,11-12,15-22H2,1-2H3. The zero-order chi connectivity index (χ0) is 22.6. The van der Waals surface area contributed by atoms with Gasteiger partial charge in [-0.15, -0.1) is 0 Å². The van der Waals surface area contributed by atoms with Crippen LogP contribution >= 0.6 is 0 Å². The number of likely N-dealkylation sites (tertiary alicyclic amines) is 1. The lowest BCUT2D eigenvalue weighted by molar-refractivity contribution is 0.0894. The van der Waals surface area contributed by atoms with E-state index in [1.54, 1.807) is 0 Å². The molecule has 1 aromatic heterocycles. The zero-order valence-electron chi connectivity index (χ0n) is 20.8. The molecular weight excluding hydrogens is 400 g/mol. The molecule has 0 radical (unpaired) electrons. The van der Waals surface area contributed by atoms with Gasteiger partial charge in [0.05, 0.1) is 0 Å². The Kier molecular flexibility index (Phi) is 7.21. The van der Waals surface area contributed by atoms with Crippen LogP contribution < -0.4 is 0 Å². The molecule has 2 heteroatoms. The van der Waals surface area contributed by atoms with Gasteiger partial charge in [-0.3, -0.25) is 0 Å². The van der Waals surface area contributed by atoms with Gasteiger partial charge < -0.3 is 9.47 Å². The molecule has 0 amide bonds. The molecule has 5 rings (SSSR count). The topological polar surface area (TPSA) is 8.17 Å². The fourth-order valence-electron chi connectivity index (χ4n) is 6.57. The van der Waals surface area contributed by atoms with Crippen molar-refractivity contribution in [3.8, 4) is 0 Å². The Morgan fingerprint density at radius 2 is 1.45 bits per heavy atom. The molecule has 0 bridgehead atoms. The number of hydrogen-bond donors (Lipinski definition) is 0. The summed E-state index contributed by atoms with van der Waals surface area (Å²) in [5.41, 5.74) is 4.44. The summed E-state index contributed by atoms with van der Waals surface area (Å²) in [5.74, 6) is 1.82. The Morgan fingerprint density at radius 3 is 2.18 bits per heavy atom. The van der Waals surface area contributed by atoms with Gasteiger partial charge in [-0.1, -0.05) is 62.4 Å². The predicted molar refractivity (Wildman–Crippen MR) is 141 cm³/mol. The molecule has 0 atom stereocenters. The lowest BCUT2D eigenvalue weighted by Gasteiger charge is -2.42. The average molecular weight is 443 g/mol. The van der Waals surface area contributed by atoms with Crippen LogP contribution in [0.3, 0.4) is 0 Å². The van der Waals surface area contributed by atoms with E-state index in [0.717, 1.165) is 24.3 Å². The number of aromatic nitrogens is 1. The van der Waals surface area contributed by atoms with Gasteiger partial charge in [0.2, 0.25) is 0 Å². The minimum absolute atomic E-state index is 0.654. The molecule has 0 N–H and O–H groups in total. The molecule has 1 aliphatic heterocycles. The van der Waals surface area contributed by atoms with Crippen LogP contribution in [0.5, 0.6) is 0 Å². The van der Waals surface area contributed by atoms with Crippen molar-refractivity contribution in [1.82, 2.24) is 9.47 Å². The summed E-state index contributed by atoms with van der Waals surface area (Å²) in [6, 6.07) is 21.5. The van der Waals surface area contributed by atoms with E-state index in [2.05, 4.69) is 84.1 Å². The van der Waals surface area contributed by atoms with Crippen LogP contribution in [0.4, 0.5) is 0 Å². The van der Waals surface area contributed by atoms with Crippen LogP contribution in [0.15, 0.2) is 60.8 Å². The molecule has 3 aromatic rings. The van der Waals surface area contributed by atoms with Crippen molar-refractivity contribution in [3.63, 3.8) is 0 Å². The van der Waals surface area contributed by atoms with E-state index in [4.69, 9.17) is 0 Å². The molecule has 2 aliphatic rings. The van der Waals surface area contributed by atoms with E-state index in [9.17, 15) is 0 Å². The molecule has 2 fully saturated rings. The number of para-hydroxylation sites is 1. The second-order valence-electron chi connectivity index (χ2n) is 11.0. The van der Waals surface area contributed by atoms with E-state index in [-0.39, 0.29) is 0 Å². The third-order valence-electron chi connectivity index (χ3n) is 8.67. The second kappa shape index (κ2) is 10.5. The molecular formula is C31H42N2. The van der Waals surface area contributed by atoms with E-state index < -0.39 is 0 Å². The first kappa shape index (κ1) is 22.7. The Labute approximate surface area is 201 Å². The number of benzene rings is 2. The highest BCUT2D eigenvalue weighted by Gasteiger charge is 2.30. The van der Waals surface area contributed by atoms with Crippen molar-refractivity contribution in [3.05, 3.63) is 71.9 Å². The third-order valence-corrected chi connectivity index (χ3v) is 8.67. The Hall–Kier alpha value is -2.06. The fraction of sp³-hybridized carbons (Fsp3) is 0.548. The molecule has 0 spiro atoms. The van der Waals surface area contributed by atoms with Crippen LogP contribution in [0, 0.1) is 11.8 Å². The van der Waals surface area contributed by atoms with Crippen molar-refractivity contribution in [1.29, 1.82) is 0 Å². The predicted octanol–water partition coefficient (Wildman–Crippen LogP) is 7.67. The van der Waals surface area contributed by atoms with E-state index in [1.165, 1.54) is 86.5 Å². The van der Waals surface area contributed by atoms with Gasteiger partial charge in [-0.25, -0.2) is 0 Å². The average Bonchev–Trinajstić information content (AvgIpc) is 3.24. The number of aryl methyl sites for hydroxylation is 2. The van der Waals surface area contributed by atoms with Crippen molar-refractivity contribution in [2.24, 2.45) is 11.8 Å². The Morgan fingerprint density at radius 1 is 0.758 bits per heavy atom. The number of fused-ring (bicyclic) bond motifs is 1. The van der Waals surface area contributed by atoms with Gasteiger partial charge in [0.15, 0.2) is 0 Å². The highest BCUT2D eigenvalue weighted by molar-refractivity contribution is 5.84. The van der Waals surface area contributed by atoms with Crippen molar-refractivity contribution in [2.75, 3.05) is 13.1 Å². The molecule has 2 aromatic carbocycles. The third kappa shape index (κ3) is 5.22. The molecule has 1 saturated carbocycles. The van der Waals surface area contributed by atoms with Crippen molar-refractivity contribution < 1.29 is 0 Å². The maximum absolute atomic E-state index is 2.83. The number of nitrogens with zero attached hydrogens (tertiary/aromatic N) is 2. The van der Waals surface area contributed by atoms with Gasteiger partial charge in [-0.05, 0) is 86.8 Å². The summed E-state index contributed by atoms with van der Waals surface area (Å²) in [6.45, 7) is 7.37. The zero-order valence-corrected chi connectivity index (χ0v) is 20.8. The maximum Gasteiger partial charge on any atom is 0.0485 e. The highest BCUT2D eigenvalue weighted by Crippen LogP contribution is 2.36. The molecule has 33 heavy (non-hydrogen) atoms. The largest absolute Gasteiger partial charge is 0.344 e. The van der Waals surface area contributed by atoms with E-state index in [0.29, 0.717) is 6.04 Å². The van der Waals surface area contributed by atoms with Gasteiger partial charge in [0, 0.05) is 42.3 Å². The molecule has 2 heterocycles. The van der Waals surface area contributed by atoms with E-state index >= 15 is 0 Å². The van der Waals surface area contributed by atoms with Crippen LogP contribution in [-0.4, -0.2) is 28.6 Å². The summed E-state index contributed by atoms with van der Waals surface area (Å²) in [5, 5.41) is 1.47. The first-order chi connectivity index (χ1) is 16.2. The van der Waals surface area contributed by atoms with Gasteiger partial charge >= 0.3 is 0 Å². The van der Waals surface area contributed by atoms with E-state index in [1.807, 2.05) is 0 Å². The summed E-state index contributed by atoms with van der Waals surface area (Å²) >= 11 is 0. The monoisotopic (exact) mass is 442 g/mol. The van der Waals surface area contributed by atoms with Crippen molar-refractivity contribution >= 4 is 10.9 Å². The minimum atomic E-state index is 0.654. The normalized spacial score (nSPS) is 22.9. The highest BCUT2D eigenvalue weighted by atomic mass is 15.2. The molecule has 1 aliphatic carbocycles. The summed E-state index contributed by atoms with van der Waals surface area (Å²) < 4.78 is 2.64. The van der Waals surface area contributed by atoms with Gasteiger partial charge in [0.1, 0.15) is 0 Å². The first-order valence-electron chi connectivity index (χ1n) is 13.6. The van der Waals surface area contributed by atoms with Crippen molar-refractivity contribution in [2.45, 2.75) is 83.7 Å². The molecule has 176 valence electrons. The minimum Gasteiger partial charge on any atom is -0.344 e. The summed E-state index contributed by atoms with van der Waals surface area (Å²) in [4.78, 5) is 2.83. The second-order valence-corrected chi connectivity index (χ2v) is 11.0. The lowest BCUT2D eigenvalue weighted by Crippen LogP contribution is -2.43. The van der Waals surface area contributed by atoms with Crippen LogP contribution in [0.1, 0.15) is 76.0 Å². The number of rotatable bonds is 7.